The molecule has 2 heterocycles. The molecule has 2 aliphatic rings. The van der Waals surface area contributed by atoms with Gasteiger partial charge in [-0.3, -0.25) is 0 Å². The Hall–Kier alpha value is -0.0800. The van der Waals surface area contributed by atoms with Crippen molar-refractivity contribution in [2.45, 2.75) is 45.6 Å². The molecule has 2 nitrogen and oxygen atoms in total. The highest BCUT2D eigenvalue weighted by atomic mass is 15.2. The molecule has 2 aliphatic heterocycles. The first-order chi connectivity index (χ1) is 6.68. The van der Waals surface area contributed by atoms with Gasteiger partial charge in [0, 0.05) is 12.6 Å². The second-order valence-corrected chi connectivity index (χ2v) is 5.61. The van der Waals surface area contributed by atoms with Gasteiger partial charge < -0.3 is 10.2 Å². The zero-order valence-corrected chi connectivity index (χ0v) is 9.68. The summed E-state index contributed by atoms with van der Waals surface area (Å²) in [6, 6.07) is 0.717. The van der Waals surface area contributed by atoms with E-state index in [1.165, 1.54) is 51.9 Å². The molecule has 2 rings (SSSR count). The predicted molar refractivity (Wildman–Crippen MR) is 60.5 cm³/mol. The summed E-state index contributed by atoms with van der Waals surface area (Å²) in [6.45, 7) is 9.98. The third-order valence-electron chi connectivity index (χ3n) is 3.97. The maximum absolute atomic E-state index is 3.69. The van der Waals surface area contributed by atoms with Crippen LogP contribution in [-0.2, 0) is 0 Å². The Morgan fingerprint density at radius 1 is 1.21 bits per heavy atom. The molecule has 0 aromatic heterocycles. The highest BCUT2D eigenvalue weighted by molar-refractivity contribution is 4.90. The van der Waals surface area contributed by atoms with Crippen LogP contribution in [0.1, 0.15) is 39.5 Å². The summed E-state index contributed by atoms with van der Waals surface area (Å²) in [5, 5.41) is 3.69. The molecule has 1 unspecified atom stereocenters. The Morgan fingerprint density at radius 3 is 2.57 bits per heavy atom. The van der Waals surface area contributed by atoms with Gasteiger partial charge in [0.15, 0.2) is 0 Å². The minimum atomic E-state index is 0.501. The lowest BCUT2D eigenvalue weighted by Gasteiger charge is -2.41. The van der Waals surface area contributed by atoms with Crippen LogP contribution < -0.4 is 5.32 Å². The van der Waals surface area contributed by atoms with Crippen LogP contribution in [0.4, 0.5) is 0 Å². The van der Waals surface area contributed by atoms with Crippen molar-refractivity contribution in [3.63, 3.8) is 0 Å². The molecule has 14 heavy (non-hydrogen) atoms. The number of nitrogens with one attached hydrogen (secondary N) is 1. The smallest absolute Gasteiger partial charge is 0.0246 e. The van der Waals surface area contributed by atoms with E-state index in [4.69, 9.17) is 0 Å². The summed E-state index contributed by atoms with van der Waals surface area (Å²) in [5.41, 5.74) is 0.501. The zero-order valence-electron chi connectivity index (χ0n) is 9.68. The molecule has 2 saturated heterocycles. The van der Waals surface area contributed by atoms with Crippen LogP contribution in [0.2, 0.25) is 0 Å². The number of nitrogens with zero attached hydrogens (tertiary/aromatic N) is 1. The van der Waals surface area contributed by atoms with Gasteiger partial charge in [0.1, 0.15) is 0 Å². The average molecular weight is 196 g/mol. The van der Waals surface area contributed by atoms with Crippen molar-refractivity contribution in [1.29, 1.82) is 0 Å². The molecule has 0 bridgehead atoms. The molecule has 0 spiro atoms. The van der Waals surface area contributed by atoms with Crippen molar-refractivity contribution in [3.8, 4) is 0 Å². The first kappa shape index (κ1) is 10.4. The second kappa shape index (κ2) is 4.19. The first-order valence-corrected chi connectivity index (χ1v) is 6.14. The van der Waals surface area contributed by atoms with Gasteiger partial charge in [0.05, 0.1) is 0 Å². The molecule has 2 fully saturated rings. The maximum Gasteiger partial charge on any atom is 0.0246 e. The molecule has 0 aromatic rings. The van der Waals surface area contributed by atoms with Crippen LogP contribution in [0.5, 0.6) is 0 Å². The molecular formula is C12H24N2. The Morgan fingerprint density at radius 2 is 1.93 bits per heavy atom. The summed E-state index contributed by atoms with van der Waals surface area (Å²) in [4.78, 5) is 2.63. The molecule has 1 atom stereocenters. The van der Waals surface area contributed by atoms with Crippen LogP contribution in [0.15, 0.2) is 0 Å². The van der Waals surface area contributed by atoms with Crippen LogP contribution >= 0.6 is 0 Å². The Bertz CT molecular complexity index is 183. The summed E-state index contributed by atoms with van der Waals surface area (Å²) in [6.07, 6.45) is 5.56. The Kier molecular flexibility index (Phi) is 3.13. The lowest BCUT2D eigenvalue weighted by molar-refractivity contribution is 0.138. The van der Waals surface area contributed by atoms with Crippen LogP contribution in [0.3, 0.4) is 0 Å². The third kappa shape index (κ3) is 2.29. The van der Waals surface area contributed by atoms with E-state index in [1.807, 2.05) is 0 Å². The minimum Gasteiger partial charge on any atom is -0.312 e. The van der Waals surface area contributed by atoms with Gasteiger partial charge in [-0.2, -0.15) is 0 Å². The van der Waals surface area contributed by atoms with Crippen molar-refractivity contribution in [2.75, 3.05) is 26.2 Å². The largest absolute Gasteiger partial charge is 0.312 e. The number of rotatable bonds is 2. The number of hydrogen-bond donors (Lipinski definition) is 1. The number of likely N-dealkylation sites (tertiary alicyclic amines) is 1. The number of piperidine rings is 1. The van der Waals surface area contributed by atoms with Crippen molar-refractivity contribution in [3.05, 3.63) is 0 Å². The van der Waals surface area contributed by atoms with Gasteiger partial charge in [-0.15, -0.1) is 0 Å². The quantitative estimate of drug-likeness (QED) is 0.725. The van der Waals surface area contributed by atoms with Gasteiger partial charge in [-0.1, -0.05) is 13.8 Å². The highest BCUT2D eigenvalue weighted by Gasteiger charge is 2.33. The molecule has 0 saturated carbocycles. The van der Waals surface area contributed by atoms with Crippen LogP contribution in [-0.4, -0.2) is 37.1 Å². The van der Waals surface area contributed by atoms with Crippen molar-refractivity contribution in [2.24, 2.45) is 5.41 Å². The second-order valence-electron chi connectivity index (χ2n) is 5.61. The van der Waals surface area contributed by atoms with E-state index < -0.39 is 0 Å². The Balaban J connectivity index is 1.88. The fraction of sp³-hybridized carbons (Fsp3) is 1.00. The summed E-state index contributed by atoms with van der Waals surface area (Å²) >= 11 is 0. The van der Waals surface area contributed by atoms with Crippen molar-refractivity contribution >= 4 is 0 Å². The van der Waals surface area contributed by atoms with E-state index in [1.54, 1.807) is 0 Å². The predicted octanol–water partition coefficient (Wildman–Crippen LogP) is 1.86. The molecule has 2 heteroatoms. The van der Waals surface area contributed by atoms with Crippen LogP contribution in [0.25, 0.3) is 0 Å². The van der Waals surface area contributed by atoms with Gasteiger partial charge in [0.25, 0.3) is 0 Å². The lowest BCUT2D eigenvalue weighted by Crippen LogP contribution is -2.52. The normalized spacial score (nSPS) is 33.4. The van der Waals surface area contributed by atoms with E-state index in [2.05, 4.69) is 24.1 Å². The fourth-order valence-electron chi connectivity index (χ4n) is 2.81. The topological polar surface area (TPSA) is 15.3 Å². The van der Waals surface area contributed by atoms with Crippen LogP contribution in [0, 0.1) is 5.41 Å². The lowest BCUT2D eigenvalue weighted by atomic mass is 9.77. The molecule has 0 aromatic carbocycles. The standard InChI is InChI=1S/C12H24N2/c1-12(2)6-5-7-13-11(12)10-14-8-3-4-9-14/h11,13H,3-10H2,1-2H3. The molecular weight excluding hydrogens is 172 g/mol. The fourth-order valence-corrected chi connectivity index (χ4v) is 2.81. The highest BCUT2D eigenvalue weighted by Crippen LogP contribution is 2.30. The van der Waals surface area contributed by atoms with Crippen molar-refractivity contribution < 1.29 is 0 Å². The third-order valence-corrected chi connectivity index (χ3v) is 3.97. The maximum atomic E-state index is 3.69. The first-order valence-electron chi connectivity index (χ1n) is 6.14. The van der Waals surface area contributed by atoms with E-state index in [0.717, 1.165) is 0 Å². The summed E-state index contributed by atoms with van der Waals surface area (Å²) in [5.74, 6) is 0. The molecule has 0 aliphatic carbocycles. The van der Waals surface area contributed by atoms with E-state index >= 15 is 0 Å². The molecule has 0 radical (unpaired) electrons. The van der Waals surface area contributed by atoms with Gasteiger partial charge in [-0.25, -0.2) is 0 Å². The minimum absolute atomic E-state index is 0.501. The average Bonchev–Trinajstić information content (AvgIpc) is 2.61. The molecule has 1 N–H and O–H groups in total. The van der Waals surface area contributed by atoms with Gasteiger partial charge in [-0.05, 0) is 50.7 Å². The Labute approximate surface area is 88.1 Å². The van der Waals surface area contributed by atoms with Crippen molar-refractivity contribution in [1.82, 2.24) is 10.2 Å². The zero-order chi connectivity index (χ0) is 10.0. The summed E-state index contributed by atoms with van der Waals surface area (Å²) in [7, 11) is 0. The number of hydrogen-bond acceptors (Lipinski definition) is 2. The summed E-state index contributed by atoms with van der Waals surface area (Å²) < 4.78 is 0. The SMILES string of the molecule is CC1(C)CCCNC1CN1CCCC1. The molecule has 0 amide bonds. The van der Waals surface area contributed by atoms with Gasteiger partial charge >= 0.3 is 0 Å². The van der Waals surface area contributed by atoms with E-state index in [9.17, 15) is 0 Å². The van der Waals surface area contributed by atoms with Gasteiger partial charge in [0.2, 0.25) is 0 Å². The van der Waals surface area contributed by atoms with E-state index in [0.29, 0.717) is 11.5 Å². The molecule has 82 valence electrons. The monoisotopic (exact) mass is 196 g/mol. The van der Waals surface area contributed by atoms with E-state index in [-0.39, 0.29) is 0 Å².